The molecule has 2 atom stereocenters. The van der Waals surface area contributed by atoms with Crippen LogP contribution in [0, 0.1) is 5.92 Å². The topological polar surface area (TPSA) is 65.4 Å². The predicted molar refractivity (Wildman–Crippen MR) is 139 cm³/mol. The van der Waals surface area contributed by atoms with Gasteiger partial charge in [-0.25, -0.2) is 0 Å². The van der Waals surface area contributed by atoms with Crippen molar-refractivity contribution in [2.75, 3.05) is 25.0 Å². The molecule has 3 aromatic carbocycles. The number of rotatable bonds is 7. The number of fused-ring (bicyclic) bond motifs is 2. The molecule has 1 aliphatic heterocycles. The van der Waals surface area contributed by atoms with Gasteiger partial charge in [-0.2, -0.15) is 0 Å². The summed E-state index contributed by atoms with van der Waals surface area (Å²) >= 11 is 0. The molecule has 1 unspecified atom stereocenters. The van der Waals surface area contributed by atoms with E-state index in [0.717, 1.165) is 41.7 Å². The lowest BCUT2D eigenvalue weighted by molar-refractivity contribution is -0.120. The van der Waals surface area contributed by atoms with Gasteiger partial charge in [-0.05, 0) is 54.6 Å². The van der Waals surface area contributed by atoms with E-state index in [-0.39, 0.29) is 5.91 Å². The van der Waals surface area contributed by atoms with Gasteiger partial charge in [-0.1, -0.05) is 66.7 Å². The first kappa shape index (κ1) is 22.4. The van der Waals surface area contributed by atoms with E-state index in [9.17, 15) is 4.79 Å². The minimum Gasteiger partial charge on any atom is -0.361 e. The summed E-state index contributed by atoms with van der Waals surface area (Å²) in [7, 11) is 2.16. The number of H-pyrrole nitrogens is 1. The van der Waals surface area contributed by atoms with Gasteiger partial charge in [0.1, 0.15) is 0 Å². The molecule has 4 aromatic rings. The molecule has 1 aromatic heterocycles. The van der Waals surface area contributed by atoms with Crippen molar-refractivity contribution in [2.24, 2.45) is 11.7 Å². The Morgan fingerprint density at radius 1 is 1.06 bits per heavy atom. The molecule has 5 rings (SSSR count). The Morgan fingerprint density at radius 3 is 2.65 bits per heavy atom. The molecule has 0 spiro atoms. The zero-order chi connectivity index (χ0) is 23.5. The Morgan fingerprint density at radius 2 is 1.79 bits per heavy atom. The summed E-state index contributed by atoms with van der Waals surface area (Å²) in [6.07, 6.45) is 3.46. The number of nitrogens with one attached hydrogen (secondary N) is 1. The van der Waals surface area contributed by atoms with Gasteiger partial charge in [0.15, 0.2) is 0 Å². The van der Waals surface area contributed by atoms with Crippen molar-refractivity contribution in [3.05, 3.63) is 102 Å². The average molecular weight is 453 g/mol. The quantitative estimate of drug-likeness (QED) is 0.438. The maximum Gasteiger partial charge on any atom is 0.244 e. The van der Waals surface area contributed by atoms with Crippen molar-refractivity contribution < 1.29 is 4.79 Å². The maximum atomic E-state index is 13.6. The van der Waals surface area contributed by atoms with Crippen LogP contribution in [-0.4, -0.2) is 42.0 Å². The van der Waals surface area contributed by atoms with E-state index in [2.05, 4.69) is 65.5 Å². The number of amides is 1. The molecule has 5 heteroatoms. The van der Waals surface area contributed by atoms with E-state index in [1.54, 1.807) is 0 Å². The second-order valence-corrected chi connectivity index (χ2v) is 9.50. The smallest absolute Gasteiger partial charge is 0.244 e. The fourth-order valence-corrected chi connectivity index (χ4v) is 5.24. The molecule has 2 heterocycles. The summed E-state index contributed by atoms with van der Waals surface area (Å²) in [6, 6.07) is 26.3. The van der Waals surface area contributed by atoms with E-state index >= 15 is 0 Å². The highest BCUT2D eigenvalue weighted by Gasteiger charge is 2.31. The Balaban J connectivity index is 1.31. The van der Waals surface area contributed by atoms with Gasteiger partial charge in [0.25, 0.3) is 0 Å². The number of carbonyl (C=O) groups is 1. The molecule has 34 heavy (non-hydrogen) atoms. The van der Waals surface area contributed by atoms with Crippen molar-refractivity contribution in [1.29, 1.82) is 0 Å². The Hall–Kier alpha value is -3.41. The SMILES string of the molecule is CN(Cc1ccccc1)CC1Cc2ccccc2N(C(=O)[C@H](N)Cc2c[nH]c3ccccc23)C1. The molecule has 0 bridgehead atoms. The number of aromatic nitrogens is 1. The molecule has 5 nitrogen and oxygen atoms in total. The molecule has 0 fully saturated rings. The first-order valence-corrected chi connectivity index (χ1v) is 12.0. The fraction of sp³-hybridized carbons (Fsp3) is 0.276. The van der Waals surface area contributed by atoms with E-state index < -0.39 is 6.04 Å². The third kappa shape index (κ3) is 4.76. The maximum absolute atomic E-state index is 13.6. The summed E-state index contributed by atoms with van der Waals surface area (Å²) in [5.74, 6) is 0.348. The first-order chi connectivity index (χ1) is 16.6. The molecular weight excluding hydrogens is 420 g/mol. The minimum absolute atomic E-state index is 0.00635. The van der Waals surface area contributed by atoms with Gasteiger partial charge in [-0.15, -0.1) is 0 Å². The monoisotopic (exact) mass is 452 g/mol. The van der Waals surface area contributed by atoms with E-state index in [1.165, 1.54) is 11.1 Å². The van der Waals surface area contributed by atoms with Crippen LogP contribution < -0.4 is 10.6 Å². The summed E-state index contributed by atoms with van der Waals surface area (Å²) in [4.78, 5) is 21.2. The molecule has 0 aliphatic carbocycles. The van der Waals surface area contributed by atoms with Crippen LogP contribution in [0.1, 0.15) is 16.7 Å². The molecule has 1 aliphatic rings. The van der Waals surface area contributed by atoms with Gasteiger partial charge in [0.2, 0.25) is 5.91 Å². The number of nitrogens with two attached hydrogens (primary N) is 1. The Bertz CT molecular complexity index is 1270. The van der Waals surface area contributed by atoms with Crippen molar-refractivity contribution in [3.63, 3.8) is 0 Å². The summed E-state index contributed by atoms with van der Waals surface area (Å²) < 4.78 is 0. The van der Waals surface area contributed by atoms with Crippen LogP contribution in [0.4, 0.5) is 5.69 Å². The number of para-hydroxylation sites is 2. The molecule has 0 saturated heterocycles. The molecule has 1 amide bonds. The highest BCUT2D eigenvalue weighted by molar-refractivity contribution is 5.98. The zero-order valence-electron chi connectivity index (χ0n) is 19.7. The normalized spacial score (nSPS) is 16.6. The van der Waals surface area contributed by atoms with Crippen LogP contribution in [0.25, 0.3) is 10.9 Å². The molecule has 174 valence electrons. The standard InChI is InChI=1S/C29H32N4O/c1-32(18-21-9-3-2-4-10-21)19-22-15-23-11-5-8-14-28(23)33(20-22)29(34)26(30)16-24-17-31-27-13-7-6-12-25(24)27/h2-14,17,22,26,31H,15-16,18-20,30H2,1H3/t22?,26-/m1/s1. The summed E-state index contributed by atoms with van der Waals surface area (Å²) in [5.41, 5.74) is 12.2. The number of aromatic amines is 1. The first-order valence-electron chi connectivity index (χ1n) is 12.0. The van der Waals surface area contributed by atoms with Gasteiger partial charge >= 0.3 is 0 Å². The Kier molecular flexibility index (Phi) is 6.48. The van der Waals surface area contributed by atoms with Crippen LogP contribution in [0.5, 0.6) is 0 Å². The second kappa shape index (κ2) is 9.84. The number of carbonyl (C=O) groups excluding carboxylic acids is 1. The zero-order valence-corrected chi connectivity index (χ0v) is 19.7. The highest BCUT2D eigenvalue weighted by Crippen LogP contribution is 2.31. The summed E-state index contributed by atoms with van der Waals surface area (Å²) in [5, 5.41) is 1.13. The minimum atomic E-state index is -0.590. The molecule has 0 radical (unpaired) electrons. The third-order valence-electron chi connectivity index (χ3n) is 6.79. The lowest BCUT2D eigenvalue weighted by Gasteiger charge is -2.37. The summed E-state index contributed by atoms with van der Waals surface area (Å²) in [6.45, 7) is 2.51. The number of hydrogen-bond donors (Lipinski definition) is 2. The largest absolute Gasteiger partial charge is 0.361 e. The van der Waals surface area contributed by atoms with E-state index in [4.69, 9.17) is 5.73 Å². The number of nitrogens with zero attached hydrogens (tertiary/aromatic N) is 2. The van der Waals surface area contributed by atoms with Gasteiger partial charge in [0, 0.05) is 42.4 Å². The Labute approximate surface area is 201 Å². The van der Waals surface area contributed by atoms with Crippen molar-refractivity contribution in [2.45, 2.75) is 25.4 Å². The third-order valence-corrected chi connectivity index (χ3v) is 6.79. The van der Waals surface area contributed by atoms with Crippen molar-refractivity contribution in [1.82, 2.24) is 9.88 Å². The number of hydrogen-bond acceptors (Lipinski definition) is 3. The lowest BCUT2D eigenvalue weighted by Crippen LogP contribution is -2.50. The van der Waals surface area contributed by atoms with Crippen LogP contribution in [0.3, 0.4) is 0 Å². The van der Waals surface area contributed by atoms with Crippen LogP contribution in [0.2, 0.25) is 0 Å². The molecule has 3 N–H and O–H groups in total. The predicted octanol–water partition coefficient (Wildman–Crippen LogP) is 4.38. The highest BCUT2D eigenvalue weighted by atomic mass is 16.2. The van der Waals surface area contributed by atoms with E-state index in [0.29, 0.717) is 18.9 Å². The van der Waals surface area contributed by atoms with Gasteiger partial charge in [-0.3, -0.25) is 4.79 Å². The van der Waals surface area contributed by atoms with E-state index in [1.807, 2.05) is 41.4 Å². The van der Waals surface area contributed by atoms with Crippen molar-refractivity contribution >= 4 is 22.5 Å². The van der Waals surface area contributed by atoms with Crippen molar-refractivity contribution in [3.8, 4) is 0 Å². The lowest BCUT2D eigenvalue weighted by atomic mass is 9.91. The molecule has 0 saturated carbocycles. The molecular formula is C29H32N4O. The second-order valence-electron chi connectivity index (χ2n) is 9.50. The van der Waals surface area contributed by atoms with Gasteiger partial charge < -0.3 is 20.5 Å². The van der Waals surface area contributed by atoms with Crippen LogP contribution in [-0.2, 0) is 24.2 Å². The number of benzene rings is 3. The van der Waals surface area contributed by atoms with Crippen LogP contribution in [0.15, 0.2) is 85.1 Å². The van der Waals surface area contributed by atoms with Gasteiger partial charge in [0.05, 0.1) is 6.04 Å². The number of anilines is 1. The fourth-order valence-electron chi connectivity index (χ4n) is 5.24. The average Bonchev–Trinajstić information content (AvgIpc) is 3.26. The van der Waals surface area contributed by atoms with Crippen LogP contribution >= 0.6 is 0 Å².